The van der Waals surface area contributed by atoms with Crippen molar-refractivity contribution in [3.63, 3.8) is 0 Å². The molecule has 2 aromatic heterocycles. The highest BCUT2D eigenvalue weighted by molar-refractivity contribution is 6.07. The van der Waals surface area contributed by atoms with E-state index < -0.39 is 17.2 Å². The average Bonchev–Trinajstić information content (AvgIpc) is 3.89. The SMILES string of the molecule is COc1ccc(CN2CCN(c3ccc(C(=O)C=Cc4ccc(OCc5cn(CC(O)(Cn6cncn6)c6ccc(F)cc6F)nn5)cc4)cc3)CC2)cc1. The van der Waals surface area contributed by atoms with Gasteiger partial charge in [-0.15, -0.1) is 5.10 Å². The minimum Gasteiger partial charge on any atom is -0.497 e. The van der Waals surface area contributed by atoms with Gasteiger partial charge in [0.25, 0.3) is 0 Å². The first kappa shape index (κ1) is 37.1. The molecule has 0 saturated carbocycles. The Morgan fingerprint density at radius 2 is 1.62 bits per heavy atom. The summed E-state index contributed by atoms with van der Waals surface area (Å²) in [5, 5.41) is 23.8. The van der Waals surface area contributed by atoms with Crippen LogP contribution in [0.5, 0.6) is 11.5 Å². The van der Waals surface area contributed by atoms with Crippen molar-refractivity contribution in [2.24, 2.45) is 0 Å². The van der Waals surface area contributed by atoms with E-state index in [4.69, 9.17) is 9.47 Å². The van der Waals surface area contributed by atoms with Crippen LogP contribution in [0, 0.1) is 11.6 Å². The molecule has 1 saturated heterocycles. The van der Waals surface area contributed by atoms with Gasteiger partial charge in [-0.3, -0.25) is 9.69 Å². The zero-order valence-corrected chi connectivity index (χ0v) is 30.2. The number of ether oxygens (including phenoxy) is 2. The van der Waals surface area contributed by atoms with Crippen molar-refractivity contribution in [2.45, 2.75) is 31.8 Å². The number of rotatable bonds is 15. The van der Waals surface area contributed by atoms with Gasteiger partial charge in [0.05, 0.1) is 26.4 Å². The summed E-state index contributed by atoms with van der Waals surface area (Å²) >= 11 is 0. The van der Waals surface area contributed by atoms with E-state index in [-0.39, 0.29) is 31.0 Å². The molecular weight excluding hydrogens is 706 g/mol. The summed E-state index contributed by atoms with van der Waals surface area (Å²) in [6, 6.07) is 26.2. The van der Waals surface area contributed by atoms with Crippen LogP contribution >= 0.6 is 0 Å². The molecule has 1 aliphatic rings. The van der Waals surface area contributed by atoms with E-state index in [9.17, 15) is 18.7 Å². The summed E-state index contributed by atoms with van der Waals surface area (Å²) in [4.78, 5) is 21.6. The van der Waals surface area contributed by atoms with Crippen LogP contribution < -0.4 is 14.4 Å². The summed E-state index contributed by atoms with van der Waals surface area (Å²) in [7, 11) is 1.67. The van der Waals surface area contributed by atoms with Crippen molar-refractivity contribution in [3.8, 4) is 11.5 Å². The van der Waals surface area contributed by atoms with Crippen molar-refractivity contribution in [3.05, 3.63) is 156 Å². The first-order chi connectivity index (χ1) is 26.7. The molecule has 0 aliphatic carbocycles. The molecule has 12 nitrogen and oxygen atoms in total. The van der Waals surface area contributed by atoms with Gasteiger partial charge in [-0.2, -0.15) is 5.10 Å². The number of methoxy groups -OCH3 is 1. The maximum absolute atomic E-state index is 14.8. The molecule has 4 aromatic carbocycles. The molecule has 282 valence electrons. The number of nitrogens with zero attached hydrogens (tertiary/aromatic N) is 8. The van der Waals surface area contributed by atoms with Gasteiger partial charge in [0.2, 0.25) is 0 Å². The summed E-state index contributed by atoms with van der Waals surface area (Å²) in [6.45, 7) is 4.38. The lowest BCUT2D eigenvalue weighted by Crippen LogP contribution is -2.45. The molecule has 3 heterocycles. The smallest absolute Gasteiger partial charge is 0.185 e. The molecule has 0 radical (unpaired) electrons. The normalized spacial score (nSPS) is 14.6. The molecule has 7 rings (SSSR count). The Hall–Kier alpha value is -6.25. The van der Waals surface area contributed by atoms with Crippen LogP contribution in [0.3, 0.4) is 0 Å². The third-order valence-electron chi connectivity index (χ3n) is 9.48. The van der Waals surface area contributed by atoms with Crippen LogP contribution in [0.1, 0.15) is 32.7 Å². The quantitative estimate of drug-likeness (QED) is 0.106. The summed E-state index contributed by atoms with van der Waals surface area (Å²) in [5.74, 6) is -0.305. The van der Waals surface area contributed by atoms with Gasteiger partial charge in [0.15, 0.2) is 5.78 Å². The number of carbonyl (C=O) groups excluding carboxylic acids is 1. The van der Waals surface area contributed by atoms with Crippen LogP contribution in [0.4, 0.5) is 14.5 Å². The number of piperazine rings is 1. The zero-order chi connectivity index (χ0) is 38.2. The van der Waals surface area contributed by atoms with Gasteiger partial charge in [0.1, 0.15) is 53.7 Å². The first-order valence-electron chi connectivity index (χ1n) is 17.8. The molecule has 1 fully saturated rings. The molecule has 1 unspecified atom stereocenters. The standard InChI is InChI=1S/C41H40F2N8O4/c1-54-36-12-4-31(5-13-36)23-48-18-20-49(21-19-48)35-10-7-32(8-11-35)40(52)17-6-30-2-14-37(15-3-30)55-25-34-24-50(47-46-34)26-41(53,27-51-29-44-28-45-51)38-16-9-33(42)22-39(38)43/h2-17,22,24,28-29,53H,18-21,23,25-27H2,1H3. The molecule has 1 aliphatic heterocycles. The number of ketones is 1. The second-order valence-electron chi connectivity index (χ2n) is 13.4. The second-order valence-corrected chi connectivity index (χ2v) is 13.4. The van der Waals surface area contributed by atoms with Gasteiger partial charge in [-0.05, 0) is 71.8 Å². The molecule has 6 aromatic rings. The molecule has 1 atom stereocenters. The van der Waals surface area contributed by atoms with E-state index in [1.807, 2.05) is 48.5 Å². The topological polar surface area (TPSA) is 124 Å². The second kappa shape index (κ2) is 16.8. The van der Waals surface area contributed by atoms with Crippen LogP contribution in [0.25, 0.3) is 6.08 Å². The van der Waals surface area contributed by atoms with Crippen molar-refractivity contribution in [2.75, 3.05) is 38.2 Å². The maximum atomic E-state index is 14.8. The summed E-state index contributed by atoms with van der Waals surface area (Å²) in [5.41, 5.74) is 2.32. The van der Waals surface area contributed by atoms with Crippen LogP contribution in [0.15, 0.2) is 116 Å². The third-order valence-corrected chi connectivity index (χ3v) is 9.48. The van der Waals surface area contributed by atoms with Gasteiger partial charge < -0.3 is 19.5 Å². The number of hydrogen-bond donors (Lipinski definition) is 1. The highest BCUT2D eigenvalue weighted by Gasteiger charge is 2.35. The number of allylic oxidation sites excluding steroid dienone is 1. The molecule has 1 N–H and O–H groups in total. The van der Waals surface area contributed by atoms with E-state index in [0.29, 0.717) is 17.0 Å². The Labute approximate surface area is 316 Å². The predicted molar refractivity (Wildman–Crippen MR) is 201 cm³/mol. The number of carbonyl (C=O) groups is 1. The lowest BCUT2D eigenvalue weighted by Gasteiger charge is -2.36. The van der Waals surface area contributed by atoms with Crippen molar-refractivity contribution in [1.82, 2.24) is 34.7 Å². The minimum atomic E-state index is -1.85. The van der Waals surface area contributed by atoms with E-state index in [0.717, 1.165) is 61.9 Å². The third kappa shape index (κ3) is 9.47. The first-order valence-corrected chi connectivity index (χ1v) is 17.8. The number of aliphatic hydroxyl groups is 1. The van der Waals surface area contributed by atoms with Crippen molar-refractivity contribution >= 4 is 17.5 Å². The fraction of sp³-hybridized carbons (Fsp3) is 0.244. The van der Waals surface area contributed by atoms with Crippen LogP contribution in [-0.2, 0) is 31.8 Å². The maximum Gasteiger partial charge on any atom is 0.185 e. The summed E-state index contributed by atoms with van der Waals surface area (Å²) < 4.78 is 42.3. The van der Waals surface area contributed by atoms with Crippen LogP contribution in [0.2, 0.25) is 0 Å². The van der Waals surface area contributed by atoms with Gasteiger partial charge in [0, 0.05) is 55.6 Å². The average molecular weight is 747 g/mol. The molecule has 0 spiro atoms. The Morgan fingerprint density at radius 1 is 0.891 bits per heavy atom. The van der Waals surface area contributed by atoms with E-state index in [1.165, 1.54) is 33.6 Å². The van der Waals surface area contributed by atoms with Crippen molar-refractivity contribution < 1.29 is 28.2 Å². The Balaban J connectivity index is 0.884. The van der Waals surface area contributed by atoms with Gasteiger partial charge in [-0.25, -0.2) is 23.1 Å². The van der Waals surface area contributed by atoms with Crippen molar-refractivity contribution in [1.29, 1.82) is 0 Å². The predicted octanol–water partition coefficient (Wildman–Crippen LogP) is 5.54. The molecule has 55 heavy (non-hydrogen) atoms. The number of halogens is 2. The van der Waals surface area contributed by atoms with E-state index >= 15 is 0 Å². The number of benzene rings is 4. The fourth-order valence-corrected chi connectivity index (χ4v) is 6.51. The fourth-order valence-electron chi connectivity index (χ4n) is 6.51. The highest BCUT2D eigenvalue weighted by Crippen LogP contribution is 2.29. The van der Waals surface area contributed by atoms with E-state index in [1.54, 1.807) is 37.6 Å². The van der Waals surface area contributed by atoms with E-state index in [2.05, 4.69) is 42.3 Å². The monoisotopic (exact) mass is 746 g/mol. The lowest BCUT2D eigenvalue weighted by molar-refractivity contribution is -0.00892. The molecule has 0 bridgehead atoms. The highest BCUT2D eigenvalue weighted by atomic mass is 19.1. The number of hydrogen-bond acceptors (Lipinski definition) is 10. The number of aromatic nitrogens is 6. The number of anilines is 1. The Kier molecular flexibility index (Phi) is 11.3. The summed E-state index contributed by atoms with van der Waals surface area (Å²) in [6.07, 6.45) is 7.58. The minimum absolute atomic E-state index is 0.0788. The zero-order valence-electron chi connectivity index (χ0n) is 30.2. The van der Waals surface area contributed by atoms with Gasteiger partial charge >= 0.3 is 0 Å². The molecular formula is C41H40F2N8O4. The molecule has 0 amide bonds. The molecule has 14 heteroatoms. The lowest BCUT2D eigenvalue weighted by atomic mass is 9.93. The van der Waals surface area contributed by atoms with Gasteiger partial charge in [-0.1, -0.05) is 41.6 Å². The van der Waals surface area contributed by atoms with Crippen LogP contribution in [-0.4, -0.2) is 78.8 Å². The Bertz CT molecular complexity index is 2200. The largest absolute Gasteiger partial charge is 0.497 e. The Morgan fingerprint density at radius 3 is 2.31 bits per heavy atom.